The highest BCUT2D eigenvalue weighted by molar-refractivity contribution is 5.94. The molecule has 7 heteroatoms. The summed E-state index contributed by atoms with van der Waals surface area (Å²) in [5.74, 6) is 1.33. The van der Waals surface area contributed by atoms with Gasteiger partial charge in [-0.3, -0.25) is 9.78 Å². The minimum absolute atomic E-state index is 0.174. The molecule has 140 valence electrons. The lowest BCUT2D eigenvalue weighted by Gasteiger charge is -2.12. The monoisotopic (exact) mass is 358 g/mol. The summed E-state index contributed by atoms with van der Waals surface area (Å²) in [5, 5.41) is 6.08. The fourth-order valence-corrected chi connectivity index (χ4v) is 2.19. The van der Waals surface area contributed by atoms with Gasteiger partial charge < -0.3 is 25.0 Å². The van der Waals surface area contributed by atoms with Gasteiger partial charge in [0, 0.05) is 25.5 Å². The van der Waals surface area contributed by atoms with Crippen molar-refractivity contribution in [1.29, 1.82) is 0 Å². The van der Waals surface area contributed by atoms with Gasteiger partial charge in [-0.2, -0.15) is 0 Å². The Morgan fingerprint density at radius 2 is 1.85 bits per heavy atom. The first-order chi connectivity index (χ1) is 12.6. The molecule has 0 radical (unpaired) electrons. The summed E-state index contributed by atoms with van der Waals surface area (Å²) in [7, 11) is 5.64. The lowest BCUT2D eigenvalue weighted by Crippen LogP contribution is -2.28. The van der Waals surface area contributed by atoms with E-state index in [0.717, 1.165) is 30.3 Å². The average molecular weight is 358 g/mol. The van der Waals surface area contributed by atoms with E-state index in [4.69, 9.17) is 9.47 Å². The van der Waals surface area contributed by atoms with Crippen molar-refractivity contribution in [3.8, 4) is 11.5 Å². The highest BCUT2D eigenvalue weighted by Crippen LogP contribution is 2.16. The van der Waals surface area contributed by atoms with Gasteiger partial charge in [-0.25, -0.2) is 0 Å². The number of anilines is 1. The number of pyridine rings is 1. The first-order valence-corrected chi connectivity index (χ1v) is 8.47. The quantitative estimate of drug-likeness (QED) is 0.632. The smallest absolute Gasteiger partial charge is 0.253 e. The molecule has 26 heavy (non-hydrogen) atoms. The van der Waals surface area contributed by atoms with Crippen LogP contribution in [0.2, 0.25) is 0 Å². The molecule has 0 fully saturated rings. The van der Waals surface area contributed by atoms with Crippen molar-refractivity contribution in [2.24, 2.45) is 0 Å². The molecular formula is C19H26N4O3. The van der Waals surface area contributed by atoms with E-state index in [1.807, 2.05) is 38.4 Å². The SMILES string of the molecule is COc1ccc(OCCNC(=O)c2cncc(NCCN(C)C)c2)cc1. The van der Waals surface area contributed by atoms with Crippen LogP contribution >= 0.6 is 0 Å². The Hall–Kier alpha value is -2.80. The lowest BCUT2D eigenvalue weighted by molar-refractivity contribution is 0.0946. The van der Waals surface area contributed by atoms with Gasteiger partial charge in [0.15, 0.2) is 0 Å². The number of carbonyl (C=O) groups is 1. The number of methoxy groups -OCH3 is 1. The maximum atomic E-state index is 12.2. The zero-order chi connectivity index (χ0) is 18.8. The third kappa shape index (κ3) is 6.60. The molecular weight excluding hydrogens is 332 g/mol. The van der Waals surface area contributed by atoms with Crippen LogP contribution in [0.4, 0.5) is 5.69 Å². The van der Waals surface area contributed by atoms with Crippen molar-refractivity contribution < 1.29 is 14.3 Å². The number of amides is 1. The Kier molecular flexibility index (Phi) is 7.70. The van der Waals surface area contributed by atoms with Crippen molar-refractivity contribution in [2.45, 2.75) is 0 Å². The van der Waals surface area contributed by atoms with E-state index in [1.165, 1.54) is 0 Å². The van der Waals surface area contributed by atoms with Crippen LogP contribution in [0.5, 0.6) is 11.5 Å². The average Bonchev–Trinajstić information content (AvgIpc) is 2.65. The van der Waals surface area contributed by atoms with Crippen LogP contribution in [0.15, 0.2) is 42.7 Å². The first kappa shape index (κ1) is 19.5. The molecule has 0 atom stereocenters. The number of nitrogens with one attached hydrogen (secondary N) is 2. The number of carbonyl (C=O) groups excluding carboxylic acids is 1. The van der Waals surface area contributed by atoms with E-state index in [9.17, 15) is 4.79 Å². The topological polar surface area (TPSA) is 75.7 Å². The third-order valence-electron chi connectivity index (χ3n) is 3.60. The highest BCUT2D eigenvalue weighted by Gasteiger charge is 2.06. The second-order valence-electron chi connectivity index (χ2n) is 5.97. The molecule has 0 bridgehead atoms. The molecule has 2 rings (SSSR count). The predicted octanol–water partition coefficient (Wildman–Crippen LogP) is 1.87. The summed E-state index contributed by atoms with van der Waals surface area (Å²) in [4.78, 5) is 18.4. The van der Waals surface area contributed by atoms with Crippen LogP contribution in [0.25, 0.3) is 0 Å². The second-order valence-corrected chi connectivity index (χ2v) is 5.97. The summed E-state index contributed by atoms with van der Waals surface area (Å²) in [6.07, 6.45) is 3.26. The number of likely N-dealkylation sites (N-methyl/N-ethyl adjacent to an activating group) is 1. The number of rotatable bonds is 10. The van der Waals surface area contributed by atoms with Gasteiger partial charge in [0.05, 0.1) is 24.9 Å². The maximum absolute atomic E-state index is 12.2. The highest BCUT2D eigenvalue weighted by atomic mass is 16.5. The second kappa shape index (κ2) is 10.2. The van der Waals surface area contributed by atoms with E-state index < -0.39 is 0 Å². The molecule has 2 N–H and O–H groups in total. The van der Waals surface area contributed by atoms with E-state index in [0.29, 0.717) is 18.7 Å². The number of benzene rings is 1. The largest absolute Gasteiger partial charge is 0.497 e. The standard InChI is InChI=1S/C19H26N4O3/c1-23(2)10-8-21-16-12-15(13-20-14-16)19(24)22-9-11-26-18-6-4-17(25-3)5-7-18/h4-7,12-14,21H,8-11H2,1-3H3,(H,22,24). The van der Waals surface area contributed by atoms with Crippen LogP contribution in [-0.2, 0) is 0 Å². The van der Waals surface area contributed by atoms with Crippen molar-refractivity contribution in [3.05, 3.63) is 48.3 Å². The summed E-state index contributed by atoms with van der Waals surface area (Å²) >= 11 is 0. The number of ether oxygens (including phenoxy) is 2. The fourth-order valence-electron chi connectivity index (χ4n) is 2.19. The van der Waals surface area contributed by atoms with Crippen LogP contribution in [0, 0.1) is 0 Å². The Morgan fingerprint density at radius 3 is 2.54 bits per heavy atom. The Morgan fingerprint density at radius 1 is 1.12 bits per heavy atom. The number of aromatic nitrogens is 1. The maximum Gasteiger partial charge on any atom is 0.253 e. The normalized spacial score (nSPS) is 10.5. The summed E-state index contributed by atoms with van der Waals surface area (Å²) in [5.41, 5.74) is 1.35. The Bertz CT molecular complexity index is 689. The third-order valence-corrected chi connectivity index (χ3v) is 3.60. The molecule has 1 heterocycles. The summed E-state index contributed by atoms with van der Waals surface area (Å²) in [6.45, 7) is 2.48. The lowest BCUT2D eigenvalue weighted by atomic mass is 10.2. The van der Waals surface area contributed by atoms with Crippen LogP contribution < -0.4 is 20.1 Å². The van der Waals surface area contributed by atoms with E-state index in [1.54, 1.807) is 25.6 Å². The van der Waals surface area contributed by atoms with E-state index in [-0.39, 0.29) is 5.91 Å². The number of nitrogens with zero attached hydrogens (tertiary/aromatic N) is 2. The van der Waals surface area contributed by atoms with Crippen molar-refractivity contribution in [1.82, 2.24) is 15.2 Å². The van der Waals surface area contributed by atoms with Gasteiger partial charge in [0.2, 0.25) is 0 Å². The molecule has 0 aliphatic heterocycles. The molecule has 7 nitrogen and oxygen atoms in total. The number of hydrogen-bond donors (Lipinski definition) is 2. The minimum Gasteiger partial charge on any atom is -0.497 e. The van der Waals surface area contributed by atoms with Crippen LogP contribution in [-0.4, -0.2) is 63.2 Å². The molecule has 1 amide bonds. The van der Waals surface area contributed by atoms with Gasteiger partial charge in [0.1, 0.15) is 18.1 Å². The molecule has 1 aromatic carbocycles. The predicted molar refractivity (Wildman–Crippen MR) is 102 cm³/mol. The van der Waals surface area contributed by atoms with Gasteiger partial charge in [-0.05, 0) is 44.4 Å². The fraction of sp³-hybridized carbons (Fsp3) is 0.368. The van der Waals surface area contributed by atoms with E-state index in [2.05, 4.69) is 20.5 Å². The molecule has 1 aromatic heterocycles. The minimum atomic E-state index is -0.174. The summed E-state index contributed by atoms with van der Waals surface area (Å²) in [6, 6.07) is 9.10. The van der Waals surface area contributed by atoms with Gasteiger partial charge >= 0.3 is 0 Å². The Balaban J connectivity index is 1.74. The molecule has 0 aliphatic carbocycles. The molecule has 0 saturated heterocycles. The van der Waals surface area contributed by atoms with Crippen molar-refractivity contribution in [2.75, 3.05) is 52.8 Å². The van der Waals surface area contributed by atoms with Crippen molar-refractivity contribution >= 4 is 11.6 Å². The molecule has 0 unspecified atom stereocenters. The van der Waals surface area contributed by atoms with Gasteiger partial charge in [0.25, 0.3) is 5.91 Å². The first-order valence-electron chi connectivity index (χ1n) is 8.47. The Labute approximate surface area is 154 Å². The summed E-state index contributed by atoms with van der Waals surface area (Å²) < 4.78 is 10.7. The van der Waals surface area contributed by atoms with Crippen LogP contribution in [0.1, 0.15) is 10.4 Å². The molecule has 2 aromatic rings. The number of hydrogen-bond acceptors (Lipinski definition) is 6. The molecule has 0 aliphatic rings. The van der Waals surface area contributed by atoms with E-state index >= 15 is 0 Å². The van der Waals surface area contributed by atoms with Gasteiger partial charge in [-0.15, -0.1) is 0 Å². The molecule has 0 spiro atoms. The zero-order valence-corrected chi connectivity index (χ0v) is 15.5. The zero-order valence-electron chi connectivity index (χ0n) is 15.5. The van der Waals surface area contributed by atoms with Gasteiger partial charge in [-0.1, -0.05) is 0 Å². The molecule has 0 saturated carbocycles. The van der Waals surface area contributed by atoms with Crippen molar-refractivity contribution in [3.63, 3.8) is 0 Å². The van der Waals surface area contributed by atoms with Crippen LogP contribution in [0.3, 0.4) is 0 Å².